The number of carbonyl (C=O) groups is 1. The number of likely N-dealkylation sites (N-methyl/N-ethyl adjacent to an activating group) is 1. The van der Waals surface area contributed by atoms with Gasteiger partial charge in [-0.3, -0.25) is 4.79 Å². The first-order chi connectivity index (χ1) is 7.41. The number of aromatic hydroxyl groups is 1. The lowest BCUT2D eigenvalue weighted by atomic mass is 10.1. The smallest absolute Gasteiger partial charge is 0.257 e. The largest absolute Gasteiger partial charge is 0.507 e. The van der Waals surface area contributed by atoms with Crippen LogP contribution >= 0.6 is 0 Å². The van der Waals surface area contributed by atoms with Crippen LogP contribution in [-0.4, -0.2) is 40.7 Å². The molecule has 4 nitrogen and oxygen atoms in total. The lowest BCUT2D eigenvalue weighted by Crippen LogP contribution is -2.33. The minimum atomic E-state index is -0.656. The van der Waals surface area contributed by atoms with E-state index in [0.717, 1.165) is 12.1 Å². The quantitative estimate of drug-likeness (QED) is 0.809. The first-order valence-corrected chi connectivity index (χ1v) is 4.84. The Morgan fingerprint density at radius 1 is 1.56 bits per heavy atom. The summed E-state index contributed by atoms with van der Waals surface area (Å²) in [6.07, 6.45) is -0.656. The summed E-state index contributed by atoms with van der Waals surface area (Å²) in [5.41, 5.74) is 0.0181. The Morgan fingerprint density at radius 2 is 2.19 bits per heavy atom. The molecule has 88 valence electrons. The van der Waals surface area contributed by atoms with Crippen LogP contribution in [-0.2, 0) is 0 Å². The molecule has 1 rings (SSSR count). The lowest BCUT2D eigenvalue weighted by Gasteiger charge is -2.19. The molecule has 0 aliphatic carbocycles. The van der Waals surface area contributed by atoms with Crippen LogP contribution in [0.2, 0.25) is 0 Å². The highest BCUT2D eigenvalue weighted by molar-refractivity contribution is 5.96. The molecule has 1 unspecified atom stereocenters. The molecule has 0 saturated heterocycles. The maximum atomic E-state index is 12.7. The zero-order chi connectivity index (χ0) is 12.3. The van der Waals surface area contributed by atoms with E-state index in [9.17, 15) is 14.3 Å². The molecular formula is C11H14FNO3. The van der Waals surface area contributed by atoms with E-state index >= 15 is 0 Å². The number of benzene rings is 1. The van der Waals surface area contributed by atoms with Crippen LogP contribution in [0.5, 0.6) is 5.75 Å². The van der Waals surface area contributed by atoms with Crippen molar-refractivity contribution < 1.29 is 19.4 Å². The van der Waals surface area contributed by atoms with Gasteiger partial charge < -0.3 is 15.1 Å². The third-order valence-corrected chi connectivity index (χ3v) is 2.07. The van der Waals surface area contributed by atoms with E-state index in [0.29, 0.717) is 0 Å². The molecular weight excluding hydrogens is 213 g/mol. The molecule has 0 aliphatic heterocycles. The Balaban J connectivity index is 2.88. The summed E-state index contributed by atoms with van der Waals surface area (Å²) < 4.78 is 12.7. The van der Waals surface area contributed by atoms with Gasteiger partial charge in [0, 0.05) is 19.7 Å². The van der Waals surface area contributed by atoms with Crippen LogP contribution in [0.3, 0.4) is 0 Å². The summed E-state index contributed by atoms with van der Waals surface area (Å²) in [5, 5.41) is 18.5. The minimum absolute atomic E-state index is 0.0181. The number of aliphatic hydroxyl groups excluding tert-OH is 1. The first-order valence-electron chi connectivity index (χ1n) is 4.84. The van der Waals surface area contributed by atoms with Crippen LogP contribution < -0.4 is 0 Å². The van der Waals surface area contributed by atoms with Gasteiger partial charge in [0.05, 0.1) is 11.7 Å². The highest BCUT2D eigenvalue weighted by Crippen LogP contribution is 2.19. The average Bonchev–Trinajstić information content (AvgIpc) is 2.15. The van der Waals surface area contributed by atoms with Crippen molar-refractivity contribution in [3.05, 3.63) is 29.6 Å². The molecule has 1 amide bonds. The average molecular weight is 227 g/mol. The van der Waals surface area contributed by atoms with E-state index < -0.39 is 23.6 Å². The number of amides is 1. The second-order valence-corrected chi connectivity index (χ2v) is 3.70. The highest BCUT2D eigenvalue weighted by atomic mass is 19.1. The Kier molecular flexibility index (Phi) is 3.84. The number of phenols is 1. The molecule has 0 radical (unpaired) electrons. The van der Waals surface area contributed by atoms with Crippen LogP contribution in [0.1, 0.15) is 17.3 Å². The van der Waals surface area contributed by atoms with Gasteiger partial charge in [-0.05, 0) is 19.1 Å². The molecule has 0 fully saturated rings. The molecule has 1 atom stereocenters. The summed E-state index contributed by atoms with van der Waals surface area (Å²) in [6, 6.07) is 3.19. The number of phenolic OH excluding ortho intramolecular Hbond substituents is 1. The van der Waals surface area contributed by atoms with Crippen molar-refractivity contribution in [2.24, 2.45) is 0 Å². The molecule has 1 aromatic rings. The molecule has 1 aromatic carbocycles. The van der Waals surface area contributed by atoms with Gasteiger partial charge in [0.1, 0.15) is 11.6 Å². The second-order valence-electron chi connectivity index (χ2n) is 3.70. The fraction of sp³-hybridized carbons (Fsp3) is 0.364. The topological polar surface area (TPSA) is 60.8 Å². The summed E-state index contributed by atoms with van der Waals surface area (Å²) in [6.45, 7) is 1.70. The second kappa shape index (κ2) is 4.94. The normalized spacial score (nSPS) is 12.2. The van der Waals surface area contributed by atoms with Crippen molar-refractivity contribution in [2.75, 3.05) is 13.6 Å². The predicted octanol–water partition coefficient (Wildman–Crippen LogP) is 0.984. The van der Waals surface area contributed by atoms with E-state index in [1.54, 1.807) is 6.92 Å². The number of hydrogen-bond acceptors (Lipinski definition) is 3. The monoisotopic (exact) mass is 227 g/mol. The molecule has 2 N–H and O–H groups in total. The van der Waals surface area contributed by atoms with Crippen LogP contribution in [0.4, 0.5) is 4.39 Å². The van der Waals surface area contributed by atoms with Crippen LogP contribution in [0.25, 0.3) is 0 Å². The zero-order valence-corrected chi connectivity index (χ0v) is 9.14. The van der Waals surface area contributed by atoms with Crippen molar-refractivity contribution >= 4 is 5.91 Å². The van der Waals surface area contributed by atoms with Gasteiger partial charge in [0.15, 0.2) is 0 Å². The van der Waals surface area contributed by atoms with Gasteiger partial charge >= 0.3 is 0 Å². The Bertz CT molecular complexity index is 393. The third-order valence-electron chi connectivity index (χ3n) is 2.07. The van der Waals surface area contributed by atoms with E-state index in [2.05, 4.69) is 0 Å². The lowest BCUT2D eigenvalue weighted by molar-refractivity contribution is 0.0700. The van der Waals surface area contributed by atoms with Gasteiger partial charge in [0.2, 0.25) is 0 Å². The van der Waals surface area contributed by atoms with E-state index in [1.165, 1.54) is 18.0 Å². The van der Waals surface area contributed by atoms with Gasteiger partial charge in [-0.1, -0.05) is 0 Å². The number of halogens is 1. The van der Waals surface area contributed by atoms with Crippen molar-refractivity contribution in [1.82, 2.24) is 4.90 Å². The number of aliphatic hydroxyl groups is 1. The maximum absolute atomic E-state index is 12.7. The molecule has 0 aliphatic rings. The standard InChI is InChI=1S/C11H14FNO3/c1-7(14)6-13(2)11(16)9-4-3-8(12)5-10(9)15/h3-5,7,14-15H,6H2,1-2H3. The van der Waals surface area contributed by atoms with Crippen molar-refractivity contribution in [3.63, 3.8) is 0 Å². The summed E-state index contributed by atoms with van der Waals surface area (Å²) >= 11 is 0. The van der Waals surface area contributed by atoms with E-state index in [1.807, 2.05) is 0 Å². The minimum Gasteiger partial charge on any atom is -0.507 e. The SMILES string of the molecule is CC(O)CN(C)C(=O)c1ccc(F)cc1O. The third kappa shape index (κ3) is 2.93. The Hall–Kier alpha value is -1.62. The molecule has 16 heavy (non-hydrogen) atoms. The van der Waals surface area contributed by atoms with E-state index in [-0.39, 0.29) is 12.1 Å². The maximum Gasteiger partial charge on any atom is 0.257 e. The summed E-state index contributed by atoms with van der Waals surface area (Å²) in [5.74, 6) is -1.46. The summed E-state index contributed by atoms with van der Waals surface area (Å²) in [7, 11) is 1.50. The molecule has 0 aromatic heterocycles. The zero-order valence-electron chi connectivity index (χ0n) is 9.14. The Labute approximate surface area is 92.9 Å². The van der Waals surface area contributed by atoms with Crippen molar-refractivity contribution in [2.45, 2.75) is 13.0 Å². The highest BCUT2D eigenvalue weighted by Gasteiger charge is 2.17. The van der Waals surface area contributed by atoms with Gasteiger partial charge in [-0.2, -0.15) is 0 Å². The van der Waals surface area contributed by atoms with Crippen LogP contribution in [0, 0.1) is 5.82 Å². The number of rotatable bonds is 3. The molecule has 0 saturated carbocycles. The molecule has 0 bridgehead atoms. The van der Waals surface area contributed by atoms with Crippen molar-refractivity contribution in [1.29, 1.82) is 0 Å². The fourth-order valence-electron chi connectivity index (χ4n) is 1.37. The first kappa shape index (κ1) is 12.4. The predicted molar refractivity (Wildman–Crippen MR) is 56.7 cm³/mol. The van der Waals surface area contributed by atoms with Crippen LogP contribution in [0.15, 0.2) is 18.2 Å². The molecule has 5 heteroatoms. The Morgan fingerprint density at radius 3 is 2.69 bits per heavy atom. The number of carbonyl (C=O) groups excluding carboxylic acids is 1. The van der Waals surface area contributed by atoms with Gasteiger partial charge in [-0.15, -0.1) is 0 Å². The fourth-order valence-corrected chi connectivity index (χ4v) is 1.37. The van der Waals surface area contributed by atoms with E-state index in [4.69, 9.17) is 5.11 Å². The summed E-state index contributed by atoms with van der Waals surface area (Å²) in [4.78, 5) is 13.0. The number of nitrogens with zero attached hydrogens (tertiary/aromatic N) is 1. The van der Waals surface area contributed by atoms with Gasteiger partial charge in [-0.25, -0.2) is 4.39 Å². The van der Waals surface area contributed by atoms with Crippen molar-refractivity contribution in [3.8, 4) is 5.75 Å². The van der Waals surface area contributed by atoms with Gasteiger partial charge in [0.25, 0.3) is 5.91 Å². The molecule has 0 spiro atoms. The molecule has 0 heterocycles. The number of hydrogen-bond donors (Lipinski definition) is 2.